The number of nitrogens with one attached hydrogen (secondary N) is 1. The number of nitrogens with zero attached hydrogens (tertiary/aromatic N) is 2. The van der Waals surface area contributed by atoms with Crippen molar-refractivity contribution < 1.29 is 32.7 Å². The van der Waals surface area contributed by atoms with Crippen LogP contribution in [0.5, 0.6) is 17.2 Å². The van der Waals surface area contributed by atoms with Gasteiger partial charge in [0.1, 0.15) is 17.2 Å². The molecule has 0 amide bonds. The van der Waals surface area contributed by atoms with E-state index in [0.29, 0.717) is 31.3 Å². The summed E-state index contributed by atoms with van der Waals surface area (Å²) in [5.74, 6) is 0.726. The van der Waals surface area contributed by atoms with Crippen LogP contribution in [0.25, 0.3) is 0 Å². The molecule has 202 valence electrons. The lowest BCUT2D eigenvalue weighted by molar-refractivity contribution is -0.384. The number of nitro benzene ring substituents is 1. The van der Waals surface area contributed by atoms with Gasteiger partial charge in [0, 0.05) is 31.9 Å². The molecule has 0 radical (unpaired) electrons. The number of hydrogen-bond donors (Lipinski definition) is 2. The largest absolute Gasteiger partial charge is 0.505 e. The van der Waals surface area contributed by atoms with E-state index in [4.69, 9.17) is 14.2 Å². The maximum absolute atomic E-state index is 14.0. The molecule has 3 aromatic carbocycles. The van der Waals surface area contributed by atoms with Crippen LogP contribution in [0.15, 0.2) is 65.6 Å². The van der Waals surface area contributed by atoms with E-state index in [2.05, 4.69) is 5.32 Å². The molecule has 1 aliphatic heterocycles. The van der Waals surface area contributed by atoms with Crippen LogP contribution in [0, 0.1) is 16.0 Å². The van der Waals surface area contributed by atoms with Gasteiger partial charge in [0.25, 0.3) is 15.7 Å². The smallest absolute Gasteiger partial charge is 0.297 e. The van der Waals surface area contributed by atoms with Gasteiger partial charge >= 0.3 is 0 Å². The van der Waals surface area contributed by atoms with Gasteiger partial charge in [0.2, 0.25) is 0 Å². The maximum atomic E-state index is 14.0. The number of anilines is 3. The first-order valence-corrected chi connectivity index (χ1v) is 13.3. The van der Waals surface area contributed by atoms with Crippen molar-refractivity contribution >= 4 is 32.8 Å². The van der Waals surface area contributed by atoms with Crippen molar-refractivity contribution in [3.8, 4) is 17.2 Å². The Kier molecular flexibility index (Phi) is 8.23. The third-order valence-electron chi connectivity index (χ3n) is 6.33. The molecule has 38 heavy (non-hydrogen) atoms. The van der Waals surface area contributed by atoms with Gasteiger partial charge < -0.3 is 24.6 Å². The van der Waals surface area contributed by atoms with Crippen molar-refractivity contribution in [2.45, 2.75) is 17.7 Å². The topological polar surface area (TPSA) is 140 Å². The quantitative estimate of drug-likeness (QED) is 0.212. The molecule has 0 aromatic heterocycles. The molecule has 12 heteroatoms. The Labute approximate surface area is 220 Å². The number of ether oxygens (including phenoxy) is 3. The molecule has 3 aromatic rings. The van der Waals surface area contributed by atoms with Crippen molar-refractivity contribution in [1.82, 2.24) is 0 Å². The van der Waals surface area contributed by atoms with Crippen LogP contribution < -0.4 is 19.1 Å². The van der Waals surface area contributed by atoms with Crippen molar-refractivity contribution in [2.24, 2.45) is 5.92 Å². The van der Waals surface area contributed by atoms with Crippen LogP contribution in [0.1, 0.15) is 12.8 Å². The second-order valence-electron chi connectivity index (χ2n) is 8.70. The van der Waals surface area contributed by atoms with Crippen molar-refractivity contribution in [1.29, 1.82) is 0 Å². The van der Waals surface area contributed by atoms with E-state index in [9.17, 15) is 23.6 Å². The number of phenolic OH excluding ortho intramolecular Hbond substituents is 1. The molecule has 0 unspecified atom stereocenters. The van der Waals surface area contributed by atoms with E-state index in [0.717, 1.165) is 29.3 Å². The second kappa shape index (κ2) is 11.6. The Balaban J connectivity index is 1.77. The monoisotopic (exact) mass is 543 g/mol. The van der Waals surface area contributed by atoms with Gasteiger partial charge in [-0.1, -0.05) is 0 Å². The summed E-state index contributed by atoms with van der Waals surface area (Å²) in [6, 6.07) is 14.6. The van der Waals surface area contributed by atoms with Crippen LogP contribution in [-0.4, -0.2) is 52.4 Å². The highest BCUT2D eigenvalue weighted by Gasteiger charge is 2.32. The van der Waals surface area contributed by atoms with Gasteiger partial charge in [0.15, 0.2) is 5.69 Å². The van der Waals surface area contributed by atoms with Crippen molar-refractivity contribution in [3.05, 3.63) is 70.8 Å². The molecule has 1 heterocycles. The van der Waals surface area contributed by atoms with Gasteiger partial charge in [0.05, 0.1) is 35.4 Å². The molecule has 0 atom stereocenters. The Bertz CT molecular complexity index is 1330. The molecule has 0 aliphatic carbocycles. The van der Waals surface area contributed by atoms with E-state index < -0.39 is 31.3 Å². The highest BCUT2D eigenvalue weighted by Crippen LogP contribution is 2.40. The number of benzene rings is 3. The Morgan fingerprint density at radius 3 is 2.00 bits per heavy atom. The van der Waals surface area contributed by atoms with Crippen molar-refractivity contribution in [2.75, 3.05) is 43.6 Å². The fourth-order valence-electron chi connectivity index (χ4n) is 4.22. The zero-order chi connectivity index (χ0) is 27.3. The molecular formula is C26H29N3O8S. The minimum atomic E-state index is -4.43. The molecule has 2 N–H and O–H groups in total. The van der Waals surface area contributed by atoms with Gasteiger partial charge in [-0.05, 0) is 67.3 Å². The molecule has 11 nitrogen and oxygen atoms in total. The summed E-state index contributed by atoms with van der Waals surface area (Å²) in [5.41, 5.74) is -0.138. The summed E-state index contributed by atoms with van der Waals surface area (Å²) in [6.45, 7) is 1.59. The zero-order valence-corrected chi connectivity index (χ0v) is 21.8. The predicted molar refractivity (Wildman–Crippen MR) is 142 cm³/mol. The molecule has 0 saturated carbocycles. The van der Waals surface area contributed by atoms with E-state index in [-0.39, 0.29) is 23.0 Å². The van der Waals surface area contributed by atoms with Crippen LogP contribution in [0.3, 0.4) is 0 Å². The normalized spacial score (nSPS) is 14.1. The summed E-state index contributed by atoms with van der Waals surface area (Å²) >= 11 is 0. The van der Waals surface area contributed by atoms with Crippen molar-refractivity contribution in [3.63, 3.8) is 0 Å². The van der Waals surface area contributed by atoms with E-state index >= 15 is 0 Å². The molecular weight excluding hydrogens is 514 g/mol. The average Bonchev–Trinajstić information content (AvgIpc) is 2.93. The Morgan fingerprint density at radius 1 is 1.00 bits per heavy atom. The Morgan fingerprint density at radius 2 is 1.53 bits per heavy atom. The molecule has 4 rings (SSSR count). The number of nitro groups is 1. The van der Waals surface area contributed by atoms with Crippen LogP contribution in [0.4, 0.5) is 22.7 Å². The predicted octanol–water partition coefficient (Wildman–Crippen LogP) is 4.68. The number of rotatable bonds is 10. The fraction of sp³-hybridized carbons (Fsp3) is 0.308. The standard InChI is InChI=1S/C26H29N3O8S/c1-35-21-7-3-19(4-8-21)28(20-5-9-22(36-2)10-6-20)38(33,34)23-15-24(29(31)32)26(25(30)16-23)27-17-18-11-13-37-14-12-18/h3-10,15-16,18,27,30H,11-14,17H2,1-2H3. The van der Waals surface area contributed by atoms with E-state index in [1.54, 1.807) is 48.5 Å². The third-order valence-corrected chi connectivity index (χ3v) is 8.06. The minimum absolute atomic E-state index is 0.124. The lowest BCUT2D eigenvalue weighted by atomic mass is 10.0. The van der Waals surface area contributed by atoms with Gasteiger partial charge in [-0.15, -0.1) is 0 Å². The second-order valence-corrected chi connectivity index (χ2v) is 10.5. The van der Waals surface area contributed by atoms with Gasteiger partial charge in [-0.3, -0.25) is 10.1 Å². The maximum Gasteiger partial charge on any atom is 0.297 e. The molecule has 1 saturated heterocycles. The molecule has 1 aliphatic rings. The van der Waals surface area contributed by atoms with Gasteiger partial charge in [-0.25, -0.2) is 12.7 Å². The number of aromatic hydroxyl groups is 1. The molecule has 0 bridgehead atoms. The summed E-state index contributed by atoms with van der Waals surface area (Å²) in [4.78, 5) is 10.8. The van der Waals surface area contributed by atoms with E-state index in [1.165, 1.54) is 14.2 Å². The SMILES string of the molecule is COc1ccc(N(c2ccc(OC)cc2)S(=O)(=O)c2cc(O)c(NCC3CCOCC3)c([N+](=O)[O-])c2)cc1. The summed E-state index contributed by atoms with van der Waals surface area (Å²) in [7, 11) is -1.45. The highest BCUT2D eigenvalue weighted by atomic mass is 32.2. The number of methoxy groups -OCH3 is 2. The summed E-state index contributed by atoms with van der Waals surface area (Å²) in [5, 5.41) is 25.7. The summed E-state index contributed by atoms with van der Waals surface area (Å²) in [6.07, 6.45) is 1.57. The van der Waals surface area contributed by atoms with E-state index in [1.807, 2.05) is 0 Å². The number of phenols is 1. The number of hydrogen-bond acceptors (Lipinski definition) is 9. The lowest BCUT2D eigenvalue weighted by Gasteiger charge is -2.25. The first-order chi connectivity index (χ1) is 18.2. The van der Waals surface area contributed by atoms with Crippen LogP contribution in [-0.2, 0) is 14.8 Å². The third kappa shape index (κ3) is 5.76. The van der Waals surface area contributed by atoms with Gasteiger partial charge in [-0.2, -0.15) is 0 Å². The number of sulfonamides is 1. The summed E-state index contributed by atoms with van der Waals surface area (Å²) < 4.78 is 44.7. The highest BCUT2D eigenvalue weighted by molar-refractivity contribution is 7.93. The van der Waals surface area contributed by atoms with Crippen LogP contribution in [0.2, 0.25) is 0 Å². The lowest BCUT2D eigenvalue weighted by Crippen LogP contribution is -2.26. The van der Waals surface area contributed by atoms with Crippen LogP contribution >= 0.6 is 0 Å². The zero-order valence-electron chi connectivity index (χ0n) is 21.0. The molecule has 0 spiro atoms. The Hall–Kier alpha value is -4.03. The average molecular weight is 544 g/mol. The first-order valence-electron chi connectivity index (χ1n) is 11.9. The minimum Gasteiger partial charge on any atom is -0.505 e. The molecule has 1 fully saturated rings. The fourth-order valence-corrected chi connectivity index (χ4v) is 5.76. The first kappa shape index (κ1) is 27.0.